The predicted molar refractivity (Wildman–Crippen MR) is 133 cm³/mol. The normalized spacial score (nSPS) is 24.4. The van der Waals surface area contributed by atoms with E-state index in [9.17, 15) is 19.1 Å². The highest BCUT2D eigenvalue weighted by atomic mass is 19.1. The number of aliphatic hydroxyl groups is 1. The first-order chi connectivity index (χ1) is 18.5. The Bertz CT molecular complexity index is 1250. The molecule has 4 aliphatic heterocycles. The average molecular weight is 527 g/mol. The number of carbonyl (C=O) groups excluding carboxylic acids is 2. The molecule has 0 aliphatic carbocycles. The fraction of sp³-hybridized carbons (Fsp3) is 0.500. The van der Waals surface area contributed by atoms with E-state index in [4.69, 9.17) is 18.9 Å². The summed E-state index contributed by atoms with van der Waals surface area (Å²) in [6, 6.07) is 5.92. The zero-order chi connectivity index (χ0) is 26.2. The van der Waals surface area contributed by atoms with Gasteiger partial charge in [0.1, 0.15) is 17.3 Å². The van der Waals surface area contributed by atoms with E-state index >= 15 is 0 Å². The average Bonchev–Trinajstić information content (AvgIpc) is 3.62. The van der Waals surface area contributed by atoms with Crippen molar-refractivity contribution >= 4 is 11.8 Å². The standard InChI is InChI=1S/C28H31FN2O7/c29-22-11-16(3-4-19(22)27(33)30-13-18-2-1-7-36-18)10-17-12-21-26(20-5-9-37-25(17)20)38-15-31(28(21)34)23-6-8-35-14-24(23)32/h3-4,11-12,18,23-24,32H,1-2,5-10,13-15H2,(H,30,33)/t18-,23+,24+/m1/s1. The SMILES string of the molecule is O=C(NC[C@H]1CCCO1)c1ccc(Cc2cc3c(c4c2OCC4)OCN([C@H]2CCOC[C@@H]2O)C3=O)cc1F. The molecule has 0 unspecified atom stereocenters. The summed E-state index contributed by atoms with van der Waals surface area (Å²) in [6.07, 6.45) is 2.50. The maximum Gasteiger partial charge on any atom is 0.260 e. The molecule has 0 radical (unpaired) electrons. The van der Waals surface area contributed by atoms with E-state index in [0.717, 1.165) is 24.0 Å². The molecule has 0 spiro atoms. The summed E-state index contributed by atoms with van der Waals surface area (Å²) in [5.74, 6) is -0.108. The molecule has 2 aromatic rings. The second-order valence-corrected chi connectivity index (χ2v) is 10.2. The minimum Gasteiger partial charge on any atom is -0.493 e. The Labute approximate surface area is 219 Å². The Balaban J connectivity index is 1.23. The summed E-state index contributed by atoms with van der Waals surface area (Å²) in [5, 5.41) is 13.2. The number of rotatable bonds is 6. The number of hydrogen-bond donors (Lipinski definition) is 2. The van der Waals surface area contributed by atoms with Crippen LogP contribution in [-0.4, -0.2) is 79.8 Å². The van der Waals surface area contributed by atoms with Crippen molar-refractivity contribution in [2.24, 2.45) is 0 Å². The van der Waals surface area contributed by atoms with E-state index in [1.54, 1.807) is 17.0 Å². The van der Waals surface area contributed by atoms with E-state index < -0.39 is 17.8 Å². The van der Waals surface area contributed by atoms with Gasteiger partial charge in [0.25, 0.3) is 11.8 Å². The minimum absolute atomic E-state index is 0.0205. The Kier molecular flexibility index (Phi) is 6.94. The van der Waals surface area contributed by atoms with Crippen molar-refractivity contribution < 1.29 is 38.0 Å². The molecule has 38 heavy (non-hydrogen) atoms. The third-order valence-electron chi connectivity index (χ3n) is 7.72. The molecule has 2 saturated heterocycles. The fourth-order valence-electron chi connectivity index (χ4n) is 5.73. The van der Waals surface area contributed by atoms with E-state index in [1.807, 2.05) is 0 Å². The number of aliphatic hydroxyl groups excluding tert-OH is 1. The molecular weight excluding hydrogens is 495 g/mol. The molecule has 3 atom stereocenters. The summed E-state index contributed by atoms with van der Waals surface area (Å²) in [7, 11) is 0. The van der Waals surface area contributed by atoms with Gasteiger partial charge in [-0.3, -0.25) is 14.5 Å². The molecule has 0 saturated carbocycles. The van der Waals surface area contributed by atoms with Gasteiger partial charge in [-0.05, 0) is 48.6 Å². The van der Waals surface area contributed by atoms with Crippen molar-refractivity contribution in [2.75, 3.05) is 39.7 Å². The second kappa shape index (κ2) is 10.5. The van der Waals surface area contributed by atoms with Crippen LogP contribution in [0.1, 0.15) is 56.7 Å². The van der Waals surface area contributed by atoms with Crippen LogP contribution in [0.4, 0.5) is 4.39 Å². The van der Waals surface area contributed by atoms with Gasteiger partial charge < -0.3 is 29.4 Å². The number of nitrogens with zero attached hydrogens (tertiary/aromatic N) is 1. The highest BCUT2D eigenvalue weighted by Gasteiger charge is 2.39. The van der Waals surface area contributed by atoms with Gasteiger partial charge in [0.2, 0.25) is 0 Å². The number of hydrogen-bond acceptors (Lipinski definition) is 7. The number of fused-ring (bicyclic) bond motifs is 3. The summed E-state index contributed by atoms with van der Waals surface area (Å²) in [5.41, 5.74) is 2.63. The van der Waals surface area contributed by atoms with Crippen LogP contribution in [0.5, 0.6) is 11.5 Å². The number of amides is 2. The summed E-state index contributed by atoms with van der Waals surface area (Å²) >= 11 is 0. The lowest BCUT2D eigenvalue weighted by molar-refractivity contribution is -0.0714. The molecule has 9 nitrogen and oxygen atoms in total. The molecule has 6 rings (SSSR count). The first kappa shape index (κ1) is 25.1. The van der Waals surface area contributed by atoms with Crippen LogP contribution in [-0.2, 0) is 22.3 Å². The summed E-state index contributed by atoms with van der Waals surface area (Å²) in [6.45, 7) is 2.22. The Morgan fingerprint density at radius 1 is 1.13 bits per heavy atom. The maximum atomic E-state index is 15.0. The van der Waals surface area contributed by atoms with Crippen molar-refractivity contribution in [3.05, 3.63) is 57.9 Å². The van der Waals surface area contributed by atoms with Crippen molar-refractivity contribution in [2.45, 2.75) is 50.4 Å². The third-order valence-corrected chi connectivity index (χ3v) is 7.72. The fourth-order valence-corrected chi connectivity index (χ4v) is 5.73. The third kappa shape index (κ3) is 4.72. The van der Waals surface area contributed by atoms with E-state index in [2.05, 4.69) is 5.32 Å². The van der Waals surface area contributed by atoms with Gasteiger partial charge in [-0.1, -0.05) is 6.07 Å². The van der Waals surface area contributed by atoms with E-state index in [1.165, 1.54) is 12.1 Å². The Morgan fingerprint density at radius 2 is 2.03 bits per heavy atom. The second-order valence-electron chi connectivity index (χ2n) is 10.2. The molecule has 2 fully saturated rings. The molecule has 10 heteroatoms. The van der Waals surface area contributed by atoms with Crippen molar-refractivity contribution in [1.29, 1.82) is 0 Å². The van der Waals surface area contributed by atoms with Crippen molar-refractivity contribution in [1.82, 2.24) is 10.2 Å². The van der Waals surface area contributed by atoms with Gasteiger partial charge >= 0.3 is 0 Å². The number of benzene rings is 2. The van der Waals surface area contributed by atoms with Gasteiger partial charge in [0.15, 0.2) is 6.73 Å². The van der Waals surface area contributed by atoms with Crippen LogP contribution in [0.2, 0.25) is 0 Å². The molecule has 0 aromatic heterocycles. The number of carbonyl (C=O) groups is 2. The monoisotopic (exact) mass is 526 g/mol. The summed E-state index contributed by atoms with van der Waals surface area (Å²) in [4.78, 5) is 27.6. The minimum atomic E-state index is -0.778. The Morgan fingerprint density at radius 3 is 2.82 bits per heavy atom. The molecular formula is C28H31FN2O7. The van der Waals surface area contributed by atoms with Crippen molar-refractivity contribution in [3.63, 3.8) is 0 Å². The van der Waals surface area contributed by atoms with Gasteiger partial charge in [0, 0.05) is 38.2 Å². The topological polar surface area (TPSA) is 107 Å². The molecule has 202 valence electrons. The van der Waals surface area contributed by atoms with Crippen LogP contribution in [0.3, 0.4) is 0 Å². The predicted octanol–water partition coefficient (Wildman–Crippen LogP) is 2.20. The first-order valence-corrected chi connectivity index (χ1v) is 13.2. The molecule has 2 amide bonds. The lowest BCUT2D eigenvalue weighted by atomic mass is 9.94. The highest BCUT2D eigenvalue weighted by Crippen LogP contribution is 2.43. The number of nitrogens with one attached hydrogen (secondary N) is 1. The lowest BCUT2D eigenvalue weighted by Gasteiger charge is -2.40. The van der Waals surface area contributed by atoms with Crippen LogP contribution in [0.15, 0.2) is 24.3 Å². The highest BCUT2D eigenvalue weighted by molar-refractivity contribution is 5.99. The lowest BCUT2D eigenvalue weighted by Crippen LogP contribution is -2.54. The molecule has 4 aliphatic rings. The van der Waals surface area contributed by atoms with Gasteiger partial charge in [-0.15, -0.1) is 0 Å². The number of ether oxygens (including phenoxy) is 4. The number of halogens is 1. The quantitative estimate of drug-likeness (QED) is 0.595. The largest absolute Gasteiger partial charge is 0.493 e. The summed E-state index contributed by atoms with van der Waals surface area (Å²) < 4.78 is 37.7. The van der Waals surface area contributed by atoms with Crippen LogP contribution in [0.25, 0.3) is 0 Å². The van der Waals surface area contributed by atoms with Crippen LogP contribution < -0.4 is 14.8 Å². The molecule has 2 aromatic carbocycles. The maximum absolute atomic E-state index is 15.0. The van der Waals surface area contributed by atoms with E-state index in [0.29, 0.717) is 68.3 Å². The Hall–Kier alpha value is -3.21. The first-order valence-electron chi connectivity index (χ1n) is 13.2. The zero-order valence-corrected chi connectivity index (χ0v) is 21.0. The van der Waals surface area contributed by atoms with Crippen LogP contribution >= 0.6 is 0 Å². The van der Waals surface area contributed by atoms with Gasteiger partial charge in [-0.2, -0.15) is 0 Å². The molecule has 2 N–H and O–H groups in total. The molecule has 0 bridgehead atoms. The molecule has 4 heterocycles. The van der Waals surface area contributed by atoms with Gasteiger partial charge in [-0.25, -0.2) is 4.39 Å². The zero-order valence-electron chi connectivity index (χ0n) is 21.0. The van der Waals surface area contributed by atoms with Crippen molar-refractivity contribution in [3.8, 4) is 11.5 Å². The smallest absolute Gasteiger partial charge is 0.260 e. The van der Waals surface area contributed by atoms with Gasteiger partial charge in [0.05, 0.1) is 42.6 Å². The van der Waals surface area contributed by atoms with Crippen LogP contribution in [0, 0.1) is 5.82 Å². The van der Waals surface area contributed by atoms with E-state index in [-0.39, 0.29) is 37.0 Å².